The Bertz CT molecular complexity index is 1000. The van der Waals surface area contributed by atoms with E-state index in [2.05, 4.69) is 10.6 Å². The maximum Gasteiger partial charge on any atom is 0.326 e. The van der Waals surface area contributed by atoms with Gasteiger partial charge in [0.2, 0.25) is 5.91 Å². The van der Waals surface area contributed by atoms with E-state index in [0.29, 0.717) is 17.0 Å². The first-order chi connectivity index (χ1) is 14.3. The predicted octanol–water partition coefficient (Wildman–Crippen LogP) is 3.01. The highest BCUT2D eigenvalue weighted by Gasteiger charge is 2.54. The minimum atomic E-state index is -1.35. The van der Waals surface area contributed by atoms with Crippen molar-refractivity contribution in [2.24, 2.45) is 5.92 Å². The van der Waals surface area contributed by atoms with E-state index in [4.69, 9.17) is 0 Å². The molecule has 1 saturated carbocycles. The van der Waals surface area contributed by atoms with Gasteiger partial charge in [0, 0.05) is 6.04 Å². The van der Waals surface area contributed by atoms with Crippen molar-refractivity contribution in [2.45, 2.75) is 45.2 Å². The highest BCUT2D eigenvalue weighted by atomic mass is 16.2. The summed E-state index contributed by atoms with van der Waals surface area (Å²) in [7, 11) is 0. The van der Waals surface area contributed by atoms with Crippen LogP contribution in [0.15, 0.2) is 48.5 Å². The summed E-state index contributed by atoms with van der Waals surface area (Å²) in [6.45, 7) is 5.65. The largest absolute Gasteiger partial charge is 0.352 e. The second kappa shape index (κ2) is 7.59. The topological polar surface area (TPSA) is 78.5 Å². The number of amides is 4. The van der Waals surface area contributed by atoms with Gasteiger partial charge in [-0.25, -0.2) is 4.79 Å². The standard InChI is InChI=1S/C24H27N3O3/c1-15-9-12-20(13-16(15)2)24(19-7-5-4-6-8-19)22(29)27(23(30)26-24)14-21(28)25-17(3)18-10-11-18/h4-9,12-13,17-18H,10-11,14H2,1-3H3,(H,25,28)(H,26,30)/t17-,24-/m0/s1. The molecule has 0 aromatic heterocycles. The Hall–Kier alpha value is -3.15. The summed E-state index contributed by atoms with van der Waals surface area (Å²) < 4.78 is 0. The van der Waals surface area contributed by atoms with E-state index >= 15 is 0 Å². The fourth-order valence-corrected chi connectivity index (χ4v) is 4.10. The zero-order valence-corrected chi connectivity index (χ0v) is 17.6. The molecule has 156 valence electrons. The van der Waals surface area contributed by atoms with Crippen LogP contribution in [-0.2, 0) is 15.1 Å². The van der Waals surface area contributed by atoms with Crippen molar-refractivity contribution >= 4 is 17.8 Å². The van der Waals surface area contributed by atoms with Gasteiger partial charge in [0.1, 0.15) is 6.54 Å². The van der Waals surface area contributed by atoms with Gasteiger partial charge >= 0.3 is 6.03 Å². The molecule has 1 aliphatic heterocycles. The Morgan fingerprint density at radius 2 is 1.80 bits per heavy atom. The van der Waals surface area contributed by atoms with Gasteiger partial charge in [-0.1, -0.05) is 48.5 Å². The van der Waals surface area contributed by atoms with Crippen LogP contribution in [0.2, 0.25) is 0 Å². The van der Waals surface area contributed by atoms with Crippen LogP contribution in [-0.4, -0.2) is 35.3 Å². The SMILES string of the molecule is Cc1ccc([C@]2(c3ccccc3)NC(=O)N(CC(=O)N[C@@H](C)C3CC3)C2=O)cc1C. The Morgan fingerprint density at radius 3 is 2.43 bits per heavy atom. The summed E-state index contributed by atoms with van der Waals surface area (Å²) in [6.07, 6.45) is 2.21. The highest BCUT2D eigenvalue weighted by molar-refractivity contribution is 6.11. The van der Waals surface area contributed by atoms with E-state index in [1.165, 1.54) is 0 Å². The first-order valence-corrected chi connectivity index (χ1v) is 10.4. The monoisotopic (exact) mass is 405 g/mol. The van der Waals surface area contributed by atoms with Crippen molar-refractivity contribution in [2.75, 3.05) is 6.54 Å². The third kappa shape index (κ3) is 3.47. The van der Waals surface area contributed by atoms with E-state index in [9.17, 15) is 14.4 Å². The number of nitrogens with zero attached hydrogens (tertiary/aromatic N) is 1. The number of carbonyl (C=O) groups excluding carboxylic acids is 3. The van der Waals surface area contributed by atoms with Gasteiger partial charge in [0.05, 0.1) is 0 Å². The zero-order valence-electron chi connectivity index (χ0n) is 17.6. The zero-order chi connectivity index (χ0) is 21.5. The lowest BCUT2D eigenvalue weighted by Gasteiger charge is -2.28. The van der Waals surface area contributed by atoms with Crippen LogP contribution >= 0.6 is 0 Å². The average Bonchev–Trinajstić information content (AvgIpc) is 3.54. The molecular weight excluding hydrogens is 378 g/mol. The number of rotatable bonds is 6. The van der Waals surface area contributed by atoms with Crippen molar-refractivity contribution in [3.05, 3.63) is 70.8 Å². The Labute approximate surface area is 176 Å². The van der Waals surface area contributed by atoms with Gasteiger partial charge < -0.3 is 10.6 Å². The number of imide groups is 1. The van der Waals surface area contributed by atoms with Gasteiger partial charge in [-0.3, -0.25) is 14.5 Å². The molecule has 2 N–H and O–H groups in total. The molecule has 1 heterocycles. The first-order valence-electron chi connectivity index (χ1n) is 10.4. The summed E-state index contributed by atoms with van der Waals surface area (Å²) in [5.41, 5.74) is 2.13. The molecule has 1 saturated heterocycles. The molecule has 2 aromatic carbocycles. The van der Waals surface area contributed by atoms with Gasteiger partial charge in [-0.2, -0.15) is 0 Å². The van der Waals surface area contributed by atoms with Crippen LogP contribution in [0, 0.1) is 19.8 Å². The van der Waals surface area contributed by atoms with Crippen LogP contribution in [0.4, 0.5) is 4.79 Å². The van der Waals surface area contributed by atoms with Crippen LogP contribution in [0.1, 0.15) is 42.0 Å². The average molecular weight is 405 g/mol. The Balaban J connectivity index is 1.68. The van der Waals surface area contributed by atoms with E-state index in [1.807, 2.05) is 69.3 Å². The molecule has 2 fully saturated rings. The number of hydrogen-bond donors (Lipinski definition) is 2. The molecule has 0 unspecified atom stereocenters. The van der Waals surface area contributed by atoms with E-state index in [-0.39, 0.29) is 18.5 Å². The van der Waals surface area contributed by atoms with Crippen molar-refractivity contribution < 1.29 is 14.4 Å². The Kier molecular flexibility index (Phi) is 5.10. The fourth-order valence-electron chi connectivity index (χ4n) is 4.10. The molecule has 6 heteroatoms. The number of hydrogen-bond acceptors (Lipinski definition) is 3. The van der Waals surface area contributed by atoms with Crippen molar-refractivity contribution in [1.82, 2.24) is 15.5 Å². The van der Waals surface area contributed by atoms with Gasteiger partial charge in [-0.15, -0.1) is 0 Å². The number of urea groups is 1. The lowest BCUT2D eigenvalue weighted by molar-refractivity contribution is -0.134. The summed E-state index contributed by atoms with van der Waals surface area (Å²) in [4.78, 5) is 40.1. The molecular formula is C24H27N3O3. The van der Waals surface area contributed by atoms with Crippen LogP contribution in [0.25, 0.3) is 0 Å². The van der Waals surface area contributed by atoms with Gasteiger partial charge in [-0.05, 0) is 61.8 Å². The Morgan fingerprint density at radius 1 is 1.10 bits per heavy atom. The summed E-state index contributed by atoms with van der Waals surface area (Å²) in [6, 6.07) is 14.4. The van der Waals surface area contributed by atoms with Crippen LogP contribution < -0.4 is 10.6 Å². The maximum absolute atomic E-state index is 13.7. The van der Waals surface area contributed by atoms with Crippen molar-refractivity contribution in [1.29, 1.82) is 0 Å². The second-order valence-corrected chi connectivity index (χ2v) is 8.43. The minimum absolute atomic E-state index is 0.0527. The lowest BCUT2D eigenvalue weighted by Crippen LogP contribution is -2.47. The maximum atomic E-state index is 13.7. The van der Waals surface area contributed by atoms with Crippen LogP contribution in [0.5, 0.6) is 0 Å². The molecule has 2 aliphatic rings. The molecule has 0 bridgehead atoms. The highest BCUT2D eigenvalue weighted by Crippen LogP contribution is 2.37. The number of nitrogens with one attached hydrogen (secondary N) is 2. The lowest BCUT2D eigenvalue weighted by atomic mass is 9.81. The van der Waals surface area contributed by atoms with E-state index < -0.39 is 17.5 Å². The minimum Gasteiger partial charge on any atom is -0.352 e. The quantitative estimate of drug-likeness (QED) is 0.725. The molecule has 0 radical (unpaired) electrons. The summed E-state index contributed by atoms with van der Waals surface area (Å²) in [5, 5.41) is 5.82. The molecule has 1 aliphatic carbocycles. The third-order valence-electron chi connectivity index (χ3n) is 6.27. The van der Waals surface area contributed by atoms with Gasteiger partial charge in [0.15, 0.2) is 5.54 Å². The number of aryl methyl sites for hydroxylation is 2. The molecule has 30 heavy (non-hydrogen) atoms. The molecule has 4 rings (SSSR count). The second-order valence-electron chi connectivity index (χ2n) is 8.43. The molecule has 6 nitrogen and oxygen atoms in total. The van der Waals surface area contributed by atoms with Gasteiger partial charge in [0.25, 0.3) is 5.91 Å². The third-order valence-corrected chi connectivity index (χ3v) is 6.27. The van der Waals surface area contributed by atoms with Crippen molar-refractivity contribution in [3.8, 4) is 0 Å². The normalized spacial score (nSPS) is 22.0. The number of carbonyl (C=O) groups is 3. The van der Waals surface area contributed by atoms with Crippen LogP contribution in [0.3, 0.4) is 0 Å². The van der Waals surface area contributed by atoms with E-state index in [0.717, 1.165) is 28.9 Å². The van der Waals surface area contributed by atoms with Crippen molar-refractivity contribution in [3.63, 3.8) is 0 Å². The summed E-state index contributed by atoms with van der Waals surface area (Å²) >= 11 is 0. The molecule has 2 atom stereocenters. The number of benzene rings is 2. The molecule has 0 spiro atoms. The molecule has 4 amide bonds. The summed E-state index contributed by atoms with van der Waals surface area (Å²) in [5.74, 6) is -0.256. The fraction of sp³-hybridized carbons (Fsp3) is 0.375. The first kappa shape index (κ1) is 20.1. The predicted molar refractivity (Wildman–Crippen MR) is 114 cm³/mol. The molecule has 2 aromatic rings. The smallest absolute Gasteiger partial charge is 0.326 e. The van der Waals surface area contributed by atoms with E-state index in [1.54, 1.807) is 0 Å².